The molecule has 0 aliphatic carbocycles. The fourth-order valence-electron chi connectivity index (χ4n) is 1.90. The van der Waals surface area contributed by atoms with Crippen LogP contribution in [0.5, 0.6) is 0 Å². The highest BCUT2D eigenvalue weighted by molar-refractivity contribution is 6.31. The molecule has 0 spiro atoms. The molecule has 0 aromatic heterocycles. The molecule has 0 bridgehead atoms. The van der Waals surface area contributed by atoms with Crippen LogP contribution in [-0.2, 0) is 4.74 Å². The van der Waals surface area contributed by atoms with Crippen molar-refractivity contribution in [3.8, 4) is 11.1 Å². The Kier molecular flexibility index (Phi) is 4.55. The van der Waals surface area contributed by atoms with Gasteiger partial charge in [-0.3, -0.25) is 10.1 Å². The van der Waals surface area contributed by atoms with Crippen LogP contribution < -0.4 is 0 Å². The van der Waals surface area contributed by atoms with E-state index in [-0.39, 0.29) is 12.3 Å². The van der Waals surface area contributed by atoms with E-state index in [0.29, 0.717) is 21.7 Å². The summed E-state index contributed by atoms with van der Waals surface area (Å²) in [5.74, 6) is -0.456. The molecule has 2 rings (SSSR count). The predicted octanol–water partition coefficient (Wildman–Crippen LogP) is 4.09. The second-order valence-electron chi connectivity index (χ2n) is 4.21. The maximum Gasteiger partial charge on any atom is 0.338 e. The molecule has 6 heteroatoms. The lowest BCUT2D eigenvalue weighted by Crippen LogP contribution is -2.06. The van der Waals surface area contributed by atoms with Crippen LogP contribution in [0.3, 0.4) is 0 Å². The number of nitrogens with zero attached hydrogens (tertiary/aromatic N) is 1. The zero-order valence-electron chi connectivity index (χ0n) is 11.2. The topological polar surface area (TPSA) is 69.4 Å². The maximum absolute atomic E-state index is 12.0. The quantitative estimate of drug-likeness (QED) is 0.484. The van der Waals surface area contributed by atoms with Crippen LogP contribution in [0.1, 0.15) is 17.3 Å². The highest BCUT2D eigenvalue weighted by Gasteiger charge is 2.15. The van der Waals surface area contributed by atoms with E-state index in [0.717, 1.165) is 0 Å². The van der Waals surface area contributed by atoms with E-state index in [1.54, 1.807) is 37.3 Å². The molecule has 0 amide bonds. The van der Waals surface area contributed by atoms with Crippen LogP contribution in [0.2, 0.25) is 5.02 Å². The smallest absolute Gasteiger partial charge is 0.338 e. The average Bonchev–Trinajstić information content (AvgIpc) is 2.47. The summed E-state index contributed by atoms with van der Waals surface area (Å²) >= 11 is 5.97. The minimum atomic E-state index is -0.478. The van der Waals surface area contributed by atoms with Crippen molar-refractivity contribution in [2.24, 2.45) is 0 Å². The minimum absolute atomic E-state index is 0.0153. The van der Waals surface area contributed by atoms with Crippen molar-refractivity contribution in [3.63, 3.8) is 0 Å². The van der Waals surface area contributed by atoms with Gasteiger partial charge in [-0.15, -0.1) is 0 Å². The van der Waals surface area contributed by atoms with Gasteiger partial charge in [0, 0.05) is 17.2 Å². The largest absolute Gasteiger partial charge is 0.462 e. The molecule has 0 atom stereocenters. The second kappa shape index (κ2) is 6.37. The summed E-state index contributed by atoms with van der Waals surface area (Å²) in [6, 6.07) is 10.7. The Morgan fingerprint density at radius 3 is 2.48 bits per heavy atom. The summed E-state index contributed by atoms with van der Waals surface area (Å²) in [6.45, 7) is 1.99. The minimum Gasteiger partial charge on any atom is -0.462 e. The molecule has 0 aliphatic heterocycles. The standard InChI is InChI=1S/C15H12ClNO4/c1-2-21-15(18)13-8-5-11(16)9-14(13)10-3-6-12(7-4-10)17(19)20/h3-9H,2H2,1H3. The van der Waals surface area contributed by atoms with E-state index in [2.05, 4.69) is 0 Å². The summed E-state index contributed by atoms with van der Waals surface area (Å²) in [7, 11) is 0. The Hall–Kier alpha value is -2.40. The first-order valence-corrected chi connectivity index (χ1v) is 6.62. The molecule has 5 nitrogen and oxygen atoms in total. The molecule has 0 unspecified atom stereocenters. The number of nitro groups is 1. The molecule has 0 fully saturated rings. The van der Waals surface area contributed by atoms with Crippen LogP contribution in [-0.4, -0.2) is 17.5 Å². The van der Waals surface area contributed by atoms with Crippen molar-refractivity contribution in [2.75, 3.05) is 6.61 Å². The van der Waals surface area contributed by atoms with Gasteiger partial charge in [0.15, 0.2) is 0 Å². The van der Waals surface area contributed by atoms with E-state index < -0.39 is 10.9 Å². The number of carbonyl (C=O) groups excluding carboxylic acids is 1. The average molecular weight is 306 g/mol. The highest BCUT2D eigenvalue weighted by Crippen LogP contribution is 2.29. The molecular formula is C15H12ClNO4. The number of ether oxygens (including phenoxy) is 1. The number of hydrogen-bond acceptors (Lipinski definition) is 4. The first kappa shape index (κ1) is 15.0. The van der Waals surface area contributed by atoms with Crippen molar-refractivity contribution in [1.82, 2.24) is 0 Å². The number of esters is 1. The molecule has 0 radical (unpaired) electrons. The maximum atomic E-state index is 12.0. The van der Waals surface area contributed by atoms with Gasteiger partial charge in [0.25, 0.3) is 5.69 Å². The molecule has 0 saturated heterocycles. The summed E-state index contributed by atoms with van der Waals surface area (Å²) in [6.07, 6.45) is 0. The summed E-state index contributed by atoms with van der Waals surface area (Å²) in [5, 5.41) is 11.1. The Balaban J connectivity index is 2.48. The third-order valence-corrected chi connectivity index (χ3v) is 3.10. The SMILES string of the molecule is CCOC(=O)c1ccc(Cl)cc1-c1ccc([N+](=O)[O-])cc1. The molecule has 2 aromatic rings. The van der Waals surface area contributed by atoms with E-state index in [1.807, 2.05) is 0 Å². The van der Waals surface area contributed by atoms with Gasteiger partial charge >= 0.3 is 5.97 Å². The third kappa shape index (κ3) is 3.38. The Morgan fingerprint density at radius 2 is 1.90 bits per heavy atom. The fraction of sp³-hybridized carbons (Fsp3) is 0.133. The molecule has 0 saturated carbocycles. The van der Waals surface area contributed by atoms with Crippen LogP contribution in [0.4, 0.5) is 5.69 Å². The molecule has 0 N–H and O–H groups in total. The number of rotatable bonds is 4. The monoisotopic (exact) mass is 305 g/mol. The zero-order valence-corrected chi connectivity index (χ0v) is 12.0. The van der Waals surface area contributed by atoms with E-state index in [9.17, 15) is 14.9 Å². The van der Waals surface area contributed by atoms with Gasteiger partial charge < -0.3 is 4.74 Å². The third-order valence-electron chi connectivity index (χ3n) is 2.87. The van der Waals surface area contributed by atoms with Crippen molar-refractivity contribution < 1.29 is 14.5 Å². The fourth-order valence-corrected chi connectivity index (χ4v) is 2.08. The molecule has 0 aliphatic rings. The Labute approximate surface area is 126 Å². The predicted molar refractivity (Wildman–Crippen MR) is 79.5 cm³/mol. The molecule has 21 heavy (non-hydrogen) atoms. The molecule has 0 heterocycles. The van der Waals surface area contributed by atoms with E-state index in [4.69, 9.17) is 16.3 Å². The van der Waals surface area contributed by atoms with E-state index >= 15 is 0 Å². The van der Waals surface area contributed by atoms with Gasteiger partial charge in [0.1, 0.15) is 0 Å². The first-order valence-electron chi connectivity index (χ1n) is 6.24. The second-order valence-corrected chi connectivity index (χ2v) is 4.65. The lowest BCUT2D eigenvalue weighted by molar-refractivity contribution is -0.384. The van der Waals surface area contributed by atoms with Gasteiger partial charge in [0.2, 0.25) is 0 Å². The number of hydrogen-bond donors (Lipinski definition) is 0. The molecule has 108 valence electrons. The lowest BCUT2D eigenvalue weighted by atomic mass is 9.99. The summed E-state index contributed by atoms with van der Waals surface area (Å²) in [5.41, 5.74) is 1.59. The first-order chi connectivity index (χ1) is 10.0. The van der Waals surface area contributed by atoms with Crippen molar-refractivity contribution in [2.45, 2.75) is 6.92 Å². The lowest BCUT2D eigenvalue weighted by Gasteiger charge is -2.09. The molecular weight excluding hydrogens is 294 g/mol. The Morgan fingerprint density at radius 1 is 1.24 bits per heavy atom. The number of nitro benzene ring substituents is 1. The van der Waals surface area contributed by atoms with Gasteiger partial charge in [-0.25, -0.2) is 4.79 Å². The summed E-state index contributed by atoms with van der Waals surface area (Å²) in [4.78, 5) is 22.1. The number of carbonyl (C=O) groups is 1. The number of non-ortho nitro benzene ring substituents is 1. The number of halogens is 1. The van der Waals surface area contributed by atoms with Crippen LogP contribution in [0.15, 0.2) is 42.5 Å². The normalized spacial score (nSPS) is 10.2. The van der Waals surface area contributed by atoms with Gasteiger partial charge in [0.05, 0.1) is 17.1 Å². The highest BCUT2D eigenvalue weighted by atomic mass is 35.5. The van der Waals surface area contributed by atoms with Crippen LogP contribution in [0.25, 0.3) is 11.1 Å². The van der Waals surface area contributed by atoms with Crippen LogP contribution in [0, 0.1) is 10.1 Å². The van der Waals surface area contributed by atoms with Crippen molar-refractivity contribution in [1.29, 1.82) is 0 Å². The van der Waals surface area contributed by atoms with Gasteiger partial charge in [-0.1, -0.05) is 11.6 Å². The van der Waals surface area contributed by atoms with E-state index in [1.165, 1.54) is 12.1 Å². The van der Waals surface area contributed by atoms with Gasteiger partial charge in [-0.05, 0) is 48.4 Å². The van der Waals surface area contributed by atoms with Crippen molar-refractivity contribution in [3.05, 3.63) is 63.2 Å². The molecule has 2 aromatic carbocycles. The Bertz CT molecular complexity index is 683. The summed E-state index contributed by atoms with van der Waals surface area (Å²) < 4.78 is 5.00. The van der Waals surface area contributed by atoms with Gasteiger partial charge in [-0.2, -0.15) is 0 Å². The van der Waals surface area contributed by atoms with Crippen molar-refractivity contribution >= 4 is 23.3 Å². The van der Waals surface area contributed by atoms with Crippen LogP contribution >= 0.6 is 11.6 Å². The number of benzene rings is 2. The zero-order chi connectivity index (χ0) is 15.4.